The normalized spacial score (nSPS) is 10.9. The molecule has 0 saturated heterocycles. The molecule has 0 aliphatic heterocycles. The zero-order valence-electron chi connectivity index (χ0n) is 12.6. The highest BCUT2D eigenvalue weighted by molar-refractivity contribution is 7.17. The molecule has 1 aromatic carbocycles. The summed E-state index contributed by atoms with van der Waals surface area (Å²) in [4.78, 5) is 31.6. The number of nitro groups is 1. The summed E-state index contributed by atoms with van der Waals surface area (Å²) in [5, 5.41) is 13.0. The molecule has 0 atom stereocenters. The van der Waals surface area contributed by atoms with Crippen molar-refractivity contribution >= 4 is 32.9 Å². The Morgan fingerprint density at radius 1 is 1.39 bits per heavy atom. The van der Waals surface area contributed by atoms with Crippen LogP contribution in [0.4, 0.5) is 11.4 Å². The third-order valence-electron chi connectivity index (χ3n) is 3.49. The van der Waals surface area contributed by atoms with Gasteiger partial charge in [-0.15, -0.1) is 11.3 Å². The van der Waals surface area contributed by atoms with E-state index in [-0.39, 0.29) is 17.8 Å². The van der Waals surface area contributed by atoms with Crippen molar-refractivity contribution in [1.82, 2.24) is 9.97 Å². The Morgan fingerprint density at radius 3 is 2.91 bits per heavy atom. The van der Waals surface area contributed by atoms with Gasteiger partial charge in [0.05, 0.1) is 17.0 Å². The summed E-state index contributed by atoms with van der Waals surface area (Å²) in [7, 11) is 1.74. The fraction of sp³-hybridized carbons (Fsp3) is 0.200. The van der Waals surface area contributed by atoms with Crippen molar-refractivity contribution in [2.24, 2.45) is 0 Å². The Kier molecular flexibility index (Phi) is 3.83. The minimum Gasteiger partial charge on any atom is -0.362 e. The summed E-state index contributed by atoms with van der Waals surface area (Å²) in [6.07, 6.45) is 0. The van der Waals surface area contributed by atoms with Crippen molar-refractivity contribution in [2.45, 2.75) is 13.5 Å². The van der Waals surface area contributed by atoms with Gasteiger partial charge in [0, 0.05) is 13.1 Å². The monoisotopic (exact) mass is 330 g/mol. The molecule has 0 aliphatic rings. The zero-order chi connectivity index (χ0) is 16.6. The molecule has 1 N–H and O–H groups in total. The summed E-state index contributed by atoms with van der Waals surface area (Å²) < 4.78 is 0.581. The SMILES string of the molecule is Cc1ccc([N+](=O)[O-])c(N(C)Cc2nc3ccsc3c(=O)[nH]2)c1. The smallest absolute Gasteiger partial charge is 0.292 e. The number of aromatic nitrogens is 2. The zero-order valence-corrected chi connectivity index (χ0v) is 13.4. The largest absolute Gasteiger partial charge is 0.362 e. The van der Waals surface area contributed by atoms with E-state index in [0.29, 0.717) is 21.7 Å². The van der Waals surface area contributed by atoms with Crippen molar-refractivity contribution in [3.8, 4) is 0 Å². The van der Waals surface area contributed by atoms with E-state index < -0.39 is 4.92 Å². The van der Waals surface area contributed by atoms with Gasteiger partial charge in [-0.2, -0.15) is 0 Å². The Hall–Kier alpha value is -2.74. The van der Waals surface area contributed by atoms with Crippen molar-refractivity contribution in [3.63, 3.8) is 0 Å². The number of aryl methyl sites for hydroxylation is 1. The number of aromatic amines is 1. The lowest BCUT2D eigenvalue weighted by Crippen LogP contribution is -2.22. The molecule has 0 bridgehead atoms. The van der Waals surface area contributed by atoms with Gasteiger partial charge in [-0.1, -0.05) is 6.07 Å². The van der Waals surface area contributed by atoms with Gasteiger partial charge in [-0.05, 0) is 30.0 Å². The molecule has 3 rings (SSSR count). The molecule has 0 fully saturated rings. The Morgan fingerprint density at radius 2 is 2.17 bits per heavy atom. The fourth-order valence-corrected chi connectivity index (χ4v) is 3.13. The number of hydrogen-bond donors (Lipinski definition) is 1. The second kappa shape index (κ2) is 5.81. The first-order valence-corrected chi connectivity index (χ1v) is 7.76. The lowest BCUT2D eigenvalue weighted by atomic mass is 10.2. The number of H-pyrrole nitrogens is 1. The predicted molar refractivity (Wildman–Crippen MR) is 90.2 cm³/mol. The second-order valence-electron chi connectivity index (χ2n) is 5.25. The molecule has 2 heterocycles. The first-order valence-electron chi connectivity index (χ1n) is 6.88. The number of rotatable bonds is 4. The topological polar surface area (TPSA) is 92.1 Å². The van der Waals surface area contributed by atoms with Crippen LogP contribution < -0.4 is 10.5 Å². The van der Waals surface area contributed by atoms with E-state index in [9.17, 15) is 14.9 Å². The molecule has 3 aromatic rings. The number of hydrogen-bond acceptors (Lipinski definition) is 6. The molecular formula is C15H14N4O3S. The minimum absolute atomic E-state index is 0.0251. The van der Waals surface area contributed by atoms with Gasteiger partial charge in [-0.25, -0.2) is 4.98 Å². The minimum atomic E-state index is -0.413. The van der Waals surface area contributed by atoms with E-state index in [1.807, 2.05) is 12.3 Å². The van der Waals surface area contributed by atoms with E-state index in [1.54, 1.807) is 30.1 Å². The number of nitro benzene ring substituents is 1. The van der Waals surface area contributed by atoms with E-state index in [1.165, 1.54) is 17.4 Å². The molecule has 0 amide bonds. The number of fused-ring (bicyclic) bond motifs is 1. The molecule has 0 radical (unpaired) electrons. The van der Waals surface area contributed by atoms with Crippen LogP contribution in [0.5, 0.6) is 0 Å². The molecular weight excluding hydrogens is 316 g/mol. The molecule has 0 saturated carbocycles. The Bertz CT molecular complexity index is 947. The summed E-state index contributed by atoms with van der Waals surface area (Å²) in [5.74, 6) is 0.471. The van der Waals surface area contributed by atoms with Crippen LogP contribution >= 0.6 is 11.3 Å². The quantitative estimate of drug-likeness (QED) is 0.586. The van der Waals surface area contributed by atoms with Gasteiger partial charge in [0.2, 0.25) is 0 Å². The average molecular weight is 330 g/mol. The molecule has 0 unspecified atom stereocenters. The molecule has 0 aliphatic carbocycles. The lowest BCUT2D eigenvalue weighted by molar-refractivity contribution is -0.384. The van der Waals surface area contributed by atoms with Gasteiger partial charge >= 0.3 is 0 Å². The van der Waals surface area contributed by atoms with Crippen LogP contribution in [-0.4, -0.2) is 21.9 Å². The van der Waals surface area contributed by atoms with Crippen LogP contribution in [0.1, 0.15) is 11.4 Å². The van der Waals surface area contributed by atoms with E-state index in [0.717, 1.165) is 5.56 Å². The van der Waals surface area contributed by atoms with Gasteiger partial charge in [0.1, 0.15) is 16.2 Å². The van der Waals surface area contributed by atoms with Crippen LogP contribution in [0.2, 0.25) is 0 Å². The number of thiophene rings is 1. The average Bonchev–Trinajstić information content (AvgIpc) is 2.95. The van der Waals surface area contributed by atoms with Crippen LogP contribution in [0.3, 0.4) is 0 Å². The summed E-state index contributed by atoms with van der Waals surface area (Å²) in [6.45, 7) is 2.14. The highest BCUT2D eigenvalue weighted by Gasteiger charge is 2.18. The summed E-state index contributed by atoms with van der Waals surface area (Å²) in [5.41, 5.74) is 1.89. The molecule has 7 nitrogen and oxygen atoms in total. The number of nitrogens with one attached hydrogen (secondary N) is 1. The van der Waals surface area contributed by atoms with Crippen molar-refractivity contribution in [1.29, 1.82) is 0 Å². The lowest BCUT2D eigenvalue weighted by Gasteiger charge is -2.19. The number of nitrogens with zero attached hydrogens (tertiary/aromatic N) is 3. The van der Waals surface area contributed by atoms with Crippen LogP contribution in [-0.2, 0) is 6.54 Å². The van der Waals surface area contributed by atoms with Crippen molar-refractivity contribution in [2.75, 3.05) is 11.9 Å². The number of benzene rings is 1. The van der Waals surface area contributed by atoms with Gasteiger partial charge in [0.25, 0.3) is 11.2 Å². The van der Waals surface area contributed by atoms with E-state index in [2.05, 4.69) is 9.97 Å². The van der Waals surface area contributed by atoms with Crippen LogP contribution in [0.25, 0.3) is 10.2 Å². The highest BCUT2D eigenvalue weighted by Crippen LogP contribution is 2.29. The van der Waals surface area contributed by atoms with E-state index in [4.69, 9.17) is 0 Å². The third kappa shape index (κ3) is 2.93. The van der Waals surface area contributed by atoms with E-state index >= 15 is 0 Å². The first-order chi connectivity index (χ1) is 11.0. The standard InChI is InChI=1S/C15H14N4O3S/c1-9-3-4-11(19(21)22)12(7-9)18(2)8-13-16-10-5-6-23-14(10)15(20)17-13/h3-7H,8H2,1-2H3,(H,16,17,20). The maximum Gasteiger partial charge on any atom is 0.292 e. The second-order valence-corrected chi connectivity index (χ2v) is 6.17. The van der Waals surface area contributed by atoms with Gasteiger partial charge in [0.15, 0.2) is 0 Å². The first kappa shape index (κ1) is 15.2. The Balaban J connectivity index is 1.97. The van der Waals surface area contributed by atoms with Crippen LogP contribution in [0.15, 0.2) is 34.4 Å². The molecule has 23 heavy (non-hydrogen) atoms. The number of anilines is 1. The van der Waals surface area contributed by atoms with Crippen molar-refractivity contribution in [3.05, 3.63) is 61.5 Å². The highest BCUT2D eigenvalue weighted by atomic mass is 32.1. The van der Waals surface area contributed by atoms with Gasteiger partial charge in [-0.3, -0.25) is 14.9 Å². The maximum atomic E-state index is 12.0. The molecule has 2 aromatic heterocycles. The Labute approximate surface area is 135 Å². The maximum absolute atomic E-state index is 12.0. The predicted octanol–water partition coefficient (Wildman–Crippen LogP) is 2.84. The third-order valence-corrected chi connectivity index (χ3v) is 4.39. The van der Waals surface area contributed by atoms with Crippen molar-refractivity contribution < 1.29 is 4.92 Å². The van der Waals surface area contributed by atoms with Crippen LogP contribution in [0, 0.1) is 17.0 Å². The molecule has 118 valence electrons. The summed E-state index contributed by atoms with van der Waals surface area (Å²) in [6, 6.07) is 6.72. The molecule has 8 heteroatoms. The summed E-state index contributed by atoms with van der Waals surface area (Å²) >= 11 is 1.34. The molecule has 0 spiro atoms. The fourth-order valence-electron chi connectivity index (χ4n) is 2.40. The van der Waals surface area contributed by atoms with Gasteiger partial charge < -0.3 is 9.88 Å².